The Balaban J connectivity index is 1.13. The summed E-state index contributed by atoms with van der Waals surface area (Å²) in [7, 11) is 3.52. The average molecular weight is 1860 g/mol. The minimum atomic E-state index is -2.08. The molecule has 1 aromatic heterocycles. The summed E-state index contributed by atoms with van der Waals surface area (Å²) in [5, 5.41) is 66.3. The minimum Gasteiger partial charge on any atom is -0.508 e. The number of thioether (sulfide) groups is 1. The van der Waals surface area contributed by atoms with Gasteiger partial charge in [-0.15, -0.1) is 11.8 Å². The number of nitrogens with zero attached hydrogens (tertiary/aromatic N) is 5. The number of para-hydroxylation sites is 1. The number of phenolic OH excluding ortho intramolecular Hbond substituents is 1. The molecule has 0 radical (unpaired) electrons. The van der Waals surface area contributed by atoms with Gasteiger partial charge in [0, 0.05) is 109 Å². The number of unbranched alkanes of at least 4 members (excludes halogenated alkanes) is 1. The maximum absolute atomic E-state index is 15.7. The molecule has 16 amide bonds. The van der Waals surface area contributed by atoms with Gasteiger partial charge >= 0.3 is 5.97 Å². The highest BCUT2D eigenvalue weighted by Gasteiger charge is 2.48. The summed E-state index contributed by atoms with van der Waals surface area (Å²) in [4.78, 5) is 256. The van der Waals surface area contributed by atoms with E-state index in [2.05, 4.69) is 52.8 Å². The number of halogens is 3. The standard InChI is InChI=1S/C89H111F3N18O21S/c1-7-8-23-66-88(130)110-43-54(113)36-69(110)84(126)101-61(38-74(117)118)80(122)105-76(46(2)3)89(131)107(5)67(32-47-17-11-9-12-18-47)82(124)102-63(37-71(94)114)86(128)109-42-53(112)35-68(109)83(125)100-60(34-51-40-96-58-22-16-15-21-55(51)58)79(121)99-59(30-49-24-26-52(111)27-25-49)78(120)103-64(39-93)81(123)104-65(77(119)97-41-72(95)115)44-132-45-73(116)98-62(31-50-28-56(90)75(92)57(91)29-50)85(127)108(6)70(87(129)106(66)4)33-48-19-13-10-14-20-48/h9-22,24-29,40,46,53-54,59-70,76,96,111-113H,7-8,23,30-39,41-45,93H2,1-6H3,(H2,94,114)(H2,95,115)(H,97,119)(H,98,116)(H,99,121)(H,100,125)(H,101,126)(H,102,124)(H,103,120)(H,104,123)(H,105,122)(H,117,118)/t53-,54-,59+,60+,61+,62+,63+,64+,65+,66+,67-,68-,69-,70+,76+/m1/s1. The Bertz CT molecular complexity index is 5200. The molecule has 3 aliphatic rings. The Hall–Kier alpha value is -13.6. The van der Waals surface area contributed by atoms with Crippen LogP contribution in [0, 0.1) is 23.4 Å². The van der Waals surface area contributed by atoms with Crippen molar-refractivity contribution in [1.82, 2.24) is 77.3 Å². The van der Waals surface area contributed by atoms with Gasteiger partial charge in [-0.3, -0.25) is 81.5 Å². The molecule has 0 saturated carbocycles. The summed E-state index contributed by atoms with van der Waals surface area (Å²) in [6, 6.07) is 6.06. The van der Waals surface area contributed by atoms with Gasteiger partial charge < -0.3 is 115 Å². The number of carbonyl (C=O) groups is 17. The number of nitrogens with one attached hydrogen (secondary N) is 10. The van der Waals surface area contributed by atoms with E-state index in [1.54, 1.807) is 91.9 Å². The number of carboxylic acid groups (broad SMARTS) is 1. The molecule has 15 atom stereocenters. The number of likely N-dealkylation sites (N-methyl/N-ethyl adjacent to an activating group) is 3. The van der Waals surface area contributed by atoms with Crippen molar-refractivity contribution in [3.05, 3.63) is 173 Å². The molecular formula is C89H111F3N18O21S. The van der Waals surface area contributed by atoms with Gasteiger partial charge in [-0.25, -0.2) is 13.2 Å². The Morgan fingerprint density at radius 3 is 1.58 bits per heavy atom. The van der Waals surface area contributed by atoms with E-state index >= 15 is 51.9 Å². The first-order chi connectivity index (χ1) is 62.6. The zero-order valence-corrected chi connectivity index (χ0v) is 74.1. The molecule has 0 spiro atoms. The number of aromatic nitrogens is 1. The molecule has 0 aliphatic carbocycles. The molecule has 4 heterocycles. The van der Waals surface area contributed by atoms with Crippen LogP contribution in [0.2, 0.25) is 0 Å². The molecule has 3 aliphatic heterocycles. The number of carbonyl (C=O) groups excluding carboxylic acids is 16. The highest BCUT2D eigenvalue weighted by molar-refractivity contribution is 8.00. The van der Waals surface area contributed by atoms with Crippen molar-refractivity contribution in [2.45, 2.75) is 189 Å². The van der Waals surface area contributed by atoms with Gasteiger partial charge in [0.25, 0.3) is 0 Å². The quantitative estimate of drug-likeness (QED) is 0.0315. The van der Waals surface area contributed by atoms with Crippen molar-refractivity contribution in [1.29, 1.82) is 0 Å². The van der Waals surface area contributed by atoms with Crippen LogP contribution in [0.15, 0.2) is 128 Å². The van der Waals surface area contributed by atoms with Crippen LogP contribution in [0.4, 0.5) is 13.2 Å². The number of aromatic hydroxyl groups is 1. The molecule has 5 aromatic carbocycles. The zero-order valence-electron chi connectivity index (χ0n) is 73.3. The summed E-state index contributed by atoms with van der Waals surface area (Å²) in [6.07, 6.45) is -6.55. The van der Waals surface area contributed by atoms with Crippen LogP contribution in [0.25, 0.3) is 10.9 Å². The van der Waals surface area contributed by atoms with Crippen molar-refractivity contribution in [2.24, 2.45) is 23.1 Å². The molecule has 132 heavy (non-hydrogen) atoms. The fourth-order valence-electron chi connectivity index (χ4n) is 15.9. The van der Waals surface area contributed by atoms with Gasteiger partial charge in [0.2, 0.25) is 94.5 Å². The summed E-state index contributed by atoms with van der Waals surface area (Å²) < 4.78 is 45.0. The second-order valence-electron chi connectivity index (χ2n) is 33.1. The third-order valence-corrected chi connectivity index (χ3v) is 24.0. The lowest BCUT2D eigenvalue weighted by atomic mass is 9.98. The number of nitrogens with two attached hydrogens (primary N) is 3. The Morgan fingerprint density at radius 2 is 1.02 bits per heavy atom. The number of phenols is 1. The topological polar surface area (TPSA) is 589 Å². The van der Waals surface area contributed by atoms with E-state index in [4.69, 9.17) is 17.2 Å². The van der Waals surface area contributed by atoms with Crippen LogP contribution in [0.3, 0.4) is 0 Å². The third-order valence-electron chi connectivity index (χ3n) is 23.0. The van der Waals surface area contributed by atoms with E-state index in [0.29, 0.717) is 57.9 Å². The molecule has 3 saturated heterocycles. The van der Waals surface area contributed by atoms with Crippen LogP contribution in [0.1, 0.15) is 93.5 Å². The summed E-state index contributed by atoms with van der Waals surface area (Å²) in [6.45, 7) is 1.92. The molecule has 39 nitrogen and oxygen atoms in total. The zero-order chi connectivity index (χ0) is 96.6. The summed E-state index contributed by atoms with van der Waals surface area (Å²) in [5.74, 6) is -27.3. The van der Waals surface area contributed by atoms with Crippen LogP contribution in [0.5, 0.6) is 5.75 Å². The Morgan fingerprint density at radius 1 is 0.515 bits per heavy atom. The van der Waals surface area contributed by atoms with Gasteiger partial charge in [0.1, 0.15) is 84.3 Å². The van der Waals surface area contributed by atoms with Crippen LogP contribution in [-0.4, -0.2) is 300 Å². The number of aliphatic carboxylic acids is 1. The molecule has 0 bridgehead atoms. The molecule has 9 rings (SSSR count). The lowest BCUT2D eigenvalue weighted by Crippen LogP contribution is -2.62. The number of fused-ring (bicyclic) bond motifs is 3. The van der Waals surface area contributed by atoms with E-state index in [9.17, 15) is 63.2 Å². The van der Waals surface area contributed by atoms with Gasteiger partial charge in [-0.2, -0.15) is 0 Å². The number of aliphatic hydroxyl groups is 2. The first kappa shape index (κ1) is 102. The monoisotopic (exact) mass is 1860 g/mol. The predicted octanol–water partition coefficient (Wildman–Crippen LogP) is -2.41. The number of rotatable bonds is 22. The number of hydrogen-bond donors (Lipinski definition) is 17. The summed E-state index contributed by atoms with van der Waals surface area (Å²) in [5.41, 5.74) is 19.0. The second kappa shape index (κ2) is 47.3. The number of aliphatic hydroxyl groups excluding tert-OH is 2. The number of carboxylic acids is 1. The largest absolute Gasteiger partial charge is 0.508 e. The number of H-pyrrole nitrogens is 1. The van der Waals surface area contributed by atoms with E-state index in [1.165, 1.54) is 51.4 Å². The predicted molar refractivity (Wildman–Crippen MR) is 471 cm³/mol. The first-order valence-corrected chi connectivity index (χ1v) is 43.9. The maximum atomic E-state index is 15.7. The van der Waals surface area contributed by atoms with E-state index in [-0.39, 0.29) is 43.4 Å². The van der Waals surface area contributed by atoms with E-state index in [1.807, 2.05) is 0 Å². The SMILES string of the molecule is CCCC[C@H]1C(=O)N2C[C@H](O)C[C@@H]2C(=O)N[C@@H](CC(=O)O)C(=O)N[C@@H](C(C)C)C(=O)N(C)[C@H](Cc2ccccc2)C(=O)N[C@@H](CC(N)=O)C(=O)N2C[C@H](O)C[C@@H]2C(=O)N[C@@H](Cc2c[nH]c3ccccc23)C(=O)N[C@@H](Cc2ccc(O)cc2)C(=O)N[C@@H](CN)C(=O)N[C@H](C(=O)NCC(N)=O)CSCC(=O)N[C@@H](Cc2cc(F)c(F)c(F)c2)C(=O)N(C)[C@@H](Cc2ccccc2)C(=O)N1C. The molecule has 6 aromatic rings. The number of primary amides is 2. The van der Waals surface area contributed by atoms with Crippen molar-refractivity contribution in [3.63, 3.8) is 0 Å². The molecule has 710 valence electrons. The minimum absolute atomic E-state index is 0.153. The highest BCUT2D eigenvalue weighted by Crippen LogP contribution is 2.29. The molecule has 20 N–H and O–H groups in total. The van der Waals surface area contributed by atoms with Gasteiger partial charge in [0.15, 0.2) is 17.5 Å². The summed E-state index contributed by atoms with van der Waals surface area (Å²) >= 11 is 0.604. The molecule has 43 heteroatoms. The third kappa shape index (κ3) is 27.5. The maximum Gasteiger partial charge on any atom is 0.305 e. The fraction of sp³-hybridized carbons (Fsp3) is 0.449. The van der Waals surface area contributed by atoms with Crippen molar-refractivity contribution in [3.8, 4) is 5.75 Å². The number of amides is 16. The molecular weight excluding hydrogens is 1750 g/mol. The van der Waals surface area contributed by atoms with E-state index < -0.39 is 296 Å². The lowest BCUT2D eigenvalue weighted by Gasteiger charge is -2.38. The van der Waals surface area contributed by atoms with Gasteiger partial charge in [-0.05, 0) is 70.5 Å². The average Bonchev–Trinajstić information content (AvgIpc) is 1.38. The van der Waals surface area contributed by atoms with Crippen LogP contribution in [-0.2, 0) is 114 Å². The Labute approximate surface area is 761 Å². The van der Waals surface area contributed by atoms with Crippen LogP contribution < -0.4 is 65.1 Å². The molecule has 3 fully saturated rings. The number of hydrogen-bond acceptors (Lipinski definition) is 22. The number of aromatic amines is 1. The second-order valence-corrected chi connectivity index (χ2v) is 34.2. The molecule has 0 unspecified atom stereocenters. The van der Waals surface area contributed by atoms with Crippen LogP contribution >= 0.6 is 11.8 Å². The van der Waals surface area contributed by atoms with Crippen molar-refractivity contribution in [2.75, 3.05) is 58.8 Å². The lowest BCUT2D eigenvalue weighted by molar-refractivity contribution is -0.152. The normalized spacial score (nSPS) is 24.8. The van der Waals surface area contributed by atoms with Crippen molar-refractivity contribution >= 4 is 123 Å². The van der Waals surface area contributed by atoms with Gasteiger partial charge in [0.05, 0.1) is 37.3 Å². The highest BCUT2D eigenvalue weighted by atomic mass is 32.2. The number of benzene rings is 5. The Kier molecular flexibility index (Phi) is 36.6. The fourth-order valence-corrected chi connectivity index (χ4v) is 16.7. The first-order valence-electron chi connectivity index (χ1n) is 42.7. The van der Waals surface area contributed by atoms with Crippen molar-refractivity contribution < 1.29 is 115 Å². The van der Waals surface area contributed by atoms with Gasteiger partial charge in [-0.1, -0.05) is 125 Å². The smallest absolute Gasteiger partial charge is 0.305 e. The van der Waals surface area contributed by atoms with E-state index in [0.717, 1.165) is 38.6 Å².